The Kier molecular flexibility index (Phi) is 10.3. The van der Waals surface area contributed by atoms with Gasteiger partial charge in [0.05, 0.1) is 25.2 Å². The number of ether oxygens (including phenoxy) is 2. The molecule has 8 heteroatoms. The number of ketones is 1. The number of amides is 2. The normalized spacial score (nSPS) is 20.6. The highest BCUT2D eigenvalue weighted by Crippen LogP contribution is 2.48. The Morgan fingerprint density at radius 2 is 1.42 bits per heavy atom. The minimum absolute atomic E-state index is 0.364. The second-order valence-electron chi connectivity index (χ2n) is 12.9. The van der Waals surface area contributed by atoms with Gasteiger partial charge in [-0.1, -0.05) is 60.7 Å². The molecule has 4 atom stereocenters. The minimum atomic E-state index is -1.75. The zero-order valence-electron chi connectivity index (χ0n) is 28.4. The molecule has 2 amide bonds. The summed E-state index contributed by atoms with van der Waals surface area (Å²) < 4.78 is 11.8. The first-order valence-electron chi connectivity index (χ1n) is 16.2. The van der Waals surface area contributed by atoms with Crippen LogP contribution in [0.3, 0.4) is 0 Å². The molecule has 0 saturated heterocycles. The zero-order chi connectivity index (χ0) is 34.6. The number of hydrogen-bond donors (Lipinski definition) is 3. The molecule has 0 radical (unpaired) electrons. The molecule has 4 aromatic carbocycles. The molecule has 1 aliphatic rings. The van der Waals surface area contributed by atoms with Crippen LogP contribution in [0, 0.1) is 39.5 Å². The quantitative estimate of drug-likeness (QED) is 0.162. The average molecular weight is 649 g/mol. The number of hydrogen-bond acceptors (Lipinski definition) is 6. The summed E-state index contributed by atoms with van der Waals surface area (Å²) in [5.74, 6) is -4.07. The van der Waals surface area contributed by atoms with Crippen molar-refractivity contribution in [2.75, 3.05) is 24.4 Å². The average Bonchev–Trinajstić information content (AvgIpc) is 3.05. The monoisotopic (exact) mass is 648 g/mol. The van der Waals surface area contributed by atoms with E-state index in [4.69, 9.17) is 9.47 Å². The molecule has 4 unspecified atom stereocenters. The van der Waals surface area contributed by atoms with Gasteiger partial charge in [0.2, 0.25) is 11.8 Å². The van der Waals surface area contributed by atoms with Crippen LogP contribution in [0.5, 0.6) is 11.5 Å². The standard InChI is InChI=1S/C40H44N2O6/c1-24-12-10-16-30(26(24)3)41-38(44)36-32(43)23-40(5,46)37(39(45)42-31-17-11-13-25(2)27(31)4)35(36)29-18-19-33(34(22-29)47-6)48-21-20-28-14-8-7-9-15-28/h7-19,22,35-37,46H,20-21,23H2,1-6H3,(H,41,44)(H,42,45). The SMILES string of the molecule is COc1cc(C2C(C(=O)Nc3cccc(C)c3C)C(=O)CC(C)(O)C2C(=O)Nc2cccc(C)c2C)ccc1OCCc1ccccc1. The summed E-state index contributed by atoms with van der Waals surface area (Å²) in [6.45, 7) is 9.60. The second kappa shape index (κ2) is 14.4. The molecule has 3 N–H and O–H groups in total. The number of carbonyl (C=O) groups excluding carboxylic acids is 3. The van der Waals surface area contributed by atoms with Crippen LogP contribution in [0.2, 0.25) is 0 Å². The molecule has 1 aliphatic carbocycles. The Bertz CT molecular complexity index is 1820. The third-order valence-electron chi connectivity index (χ3n) is 9.62. The summed E-state index contributed by atoms with van der Waals surface area (Å²) in [5, 5.41) is 17.8. The molecule has 8 nitrogen and oxygen atoms in total. The number of aryl methyl sites for hydroxylation is 2. The van der Waals surface area contributed by atoms with Gasteiger partial charge in [0.25, 0.3) is 0 Å². The van der Waals surface area contributed by atoms with Gasteiger partial charge in [-0.3, -0.25) is 14.4 Å². The largest absolute Gasteiger partial charge is 0.493 e. The van der Waals surface area contributed by atoms with Crippen molar-refractivity contribution in [3.8, 4) is 11.5 Å². The van der Waals surface area contributed by atoms with E-state index in [2.05, 4.69) is 10.6 Å². The third-order valence-corrected chi connectivity index (χ3v) is 9.62. The summed E-state index contributed by atoms with van der Waals surface area (Å²) in [5.41, 5.74) is 4.80. The Morgan fingerprint density at radius 3 is 2.02 bits per heavy atom. The van der Waals surface area contributed by atoms with E-state index in [-0.39, 0.29) is 6.42 Å². The fraction of sp³-hybridized carbons (Fsp3) is 0.325. The maximum atomic E-state index is 14.3. The van der Waals surface area contributed by atoms with Crippen LogP contribution in [0.4, 0.5) is 11.4 Å². The summed E-state index contributed by atoms with van der Waals surface area (Å²) in [6, 6.07) is 26.3. The van der Waals surface area contributed by atoms with Gasteiger partial charge in [-0.25, -0.2) is 0 Å². The fourth-order valence-corrected chi connectivity index (χ4v) is 6.62. The van der Waals surface area contributed by atoms with Gasteiger partial charge in [0.15, 0.2) is 11.5 Å². The molecular weight excluding hydrogens is 604 g/mol. The van der Waals surface area contributed by atoms with Crippen LogP contribution in [-0.2, 0) is 20.8 Å². The van der Waals surface area contributed by atoms with E-state index < -0.39 is 41.0 Å². The molecule has 0 spiro atoms. The number of benzene rings is 4. The van der Waals surface area contributed by atoms with Crippen LogP contribution in [-0.4, -0.2) is 42.0 Å². The van der Waals surface area contributed by atoms with Crippen LogP contribution in [0.15, 0.2) is 84.9 Å². The predicted molar refractivity (Wildman–Crippen MR) is 188 cm³/mol. The van der Waals surface area contributed by atoms with Crippen molar-refractivity contribution in [1.82, 2.24) is 0 Å². The topological polar surface area (TPSA) is 114 Å². The zero-order valence-corrected chi connectivity index (χ0v) is 28.4. The van der Waals surface area contributed by atoms with Crippen LogP contribution < -0.4 is 20.1 Å². The molecule has 0 aliphatic heterocycles. The van der Waals surface area contributed by atoms with Gasteiger partial charge in [0, 0.05) is 30.1 Å². The number of aliphatic hydroxyl groups is 1. The van der Waals surface area contributed by atoms with E-state index in [1.54, 1.807) is 30.3 Å². The molecule has 0 bridgehead atoms. The van der Waals surface area contributed by atoms with E-state index in [0.29, 0.717) is 41.5 Å². The van der Waals surface area contributed by atoms with E-state index in [9.17, 15) is 19.5 Å². The maximum absolute atomic E-state index is 14.3. The number of carbonyl (C=O) groups is 3. The summed E-state index contributed by atoms with van der Waals surface area (Å²) in [7, 11) is 1.51. The van der Waals surface area contributed by atoms with Crippen LogP contribution in [0.1, 0.15) is 52.6 Å². The van der Waals surface area contributed by atoms with Crippen molar-refractivity contribution >= 4 is 29.0 Å². The van der Waals surface area contributed by atoms with Crippen molar-refractivity contribution in [2.24, 2.45) is 11.8 Å². The van der Waals surface area contributed by atoms with E-state index in [0.717, 1.165) is 27.8 Å². The molecule has 250 valence electrons. The molecule has 4 aromatic rings. The number of rotatable bonds is 10. The Morgan fingerprint density at radius 1 is 0.812 bits per heavy atom. The maximum Gasteiger partial charge on any atom is 0.235 e. The van der Waals surface area contributed by atoms with Crippen molar-refractivity contribution in [1.29, 1.82) is 0 Å². The molecule has 0 aromatic heterocycles. The first-order valence-corrected chi connectivity index (χ1v) is 16.2. The predicted octanol–water partition coefficient (Wildman–Crippen LogP) is 6.87. The van der Waals surface area contributed by atoms with Gasteiger partial charge in [0.1, 0.15) is 11.7 Å². The smallest absolute Gasteiger partial charge is 0.235 e. The lowest BCUT2D eigenvalue weighted by Gasteiger charge is -2.44. The van der Waals surface area contributed by atoms with Gasteiger partial charge >= 0.3 is 0 Å². The second-order valence-corrected chi connectivity index (χ2v) is 12.9. The van der Waals surface area contributed by atoms with Gasteiger partial charge in [-0.05, 0) is 92.3 Å². The lowest BCUT2D eigenvalue weighted by Crippen LogP contribution is -2.56. The Hall–Kier alpha value is -4.95. The molecule has 0 heterocycles. The summed E-state index contributed by atoms with van der Waals surface area (Å²) in [4.78, 5) is 42.3. The minimum Gasteiger partial charge on any atom is -0.493 e. The van der Waals surface area contributed by atoms with Gasteiger partial charge < -0.3 is 25.2 Å². The van der Waals surface area contributed by atoms with E-state index in [1.165, 1.54) is 14.0 Å². The van der Waals surface area contributed by atoms with E-state index in [1.807, 2.05) is 82.3 Å². The third kappa shape index (κ3) is 7.29. The first kappa shape index (κ1) is 34.4. The molecule has 1 saturated carbocycles. The van der Waals surface area contributed by atoms with Crippen molar-refractivity contribution in [3.63, 3.8) is 0 Å². The van der Waals surface area contributed by atoms with Crippen molar-refractivity contribution < 1.29 is 29.0 Å². The first-order chi connectivity index (χ1) is 22.9. The highest BCUT2D eigenvalue weighted by atomic mass is 16.5. The van der Waals surface area contributed by atoms with Crippen molar-refractivity contribution in [2.45, 2.75) is 59.0 Å². The number of Topliss-reactive ketones (excluding diaryl/α,β-unsaturated/α-hetero) is 1. The Balaban J connectivity index is 1.55. The fourth-order valence-electron chi connectivity index (χ4n) is 6.62. The summed E-state index contributed by atoms with van der Waals surface area (Å²) >= 11 is 0. The number of methoxy groups -OCH3 is 1. The van der Waals surface area contributed by atoms with E-state index >= 15 is 0 Å². The lowest BCUT2D eigenvalue weighted by molar-refractivity contribution is -0.150. The van der Waals surface area contributed by atoms with Gasteiger partial charge in [-0.15, -0.1) is 0 Å². The molecular formula is C40H44N2O6. The highest BCUT2D eigenvalue weighted by molar-refractivity contribution is 6.10. The van der Waals surface area contributed by atoms with Crippen molar-refractivity contribution in [3.05, 3.63) is 118 Å². The summed E-state index contributed by atoms with van der Waals surface area (Å²) in [6.07, 6.45) is 0.323. The molecule has 5 rings (SSSR count). The van der Waals surface area contributed by atoms with Crippen LogP contribution in [0.25, 0.3) is 0 Å². The highest BCUT2D eigenvalue weighted by Gasteiger charge is 2.56. The lowest BCUT2D eigenvalue weighted by atomic mass is 9.61. The number of nitrogens with one attached hydrogen (secondary N) is 2. The number of anilines is 2. The molecule has 1 fully saturated rings. The van der Waals surface area contributed by atoms with Gasteiger partial charge in [-0.2, -0.15) is 0 Å². The molecule has 48 heavy (non-hydrogen) atoms. The van der Waals surface area contributed by atoms with Crippen LogP contribution >= 0.6 is 0 Å². The Labute approximate surface area is 282 Å².